The number of hydrogen-bond acceptors (Lipinski definition) is 3. The number of carbonyl (C=O) groups excluding carboxylic acids is 1. The van der Waals surface area contributed by atoms with Crippen LogP contribution in [0.4, 0.5) is 0 Å². The quantitative estimate of drug-likeness (QED) is 0.854. The lowest BCUT2D eigenvalue weighted by Gasteiger charge is -2.21. The van der Waals surface area contributed by atoms with E-state index in [1.165, 1.54) is 0 Å². The number of rotatable bonds is 4. The second kappa shape index (κ2) is 7.12. The highest BCUT2D eigenvalue weighted by Gasteiger charge is 2.21. The van der Waals surface area contributed by atoms with Crippen molar-refractivity contribution in [3.05, 3.63) is 29.3 Å². The van der Waals surface area contributed by atoms with Crippen LogP contribution in [0.2, 0.25) is 0 Å². The van der Waals surface area contributed by atoms with E-state index in [0.717, 1.165) is 31.4 Å². The van der Waals surface area contributed by atoms with Crippen LogP contribution in [0.15, 0.2) is 18.2 Å². The highest BCUT2D eigenvalue weighted by atomic mass is 16.5. The molecule has 1 aliphatic rings. The van der Waals surface area contributed by atoms with Crippen LogP contribution >= 0.6 is 0 Å². The van der Waals surface area contributed by atoms with Gasteiger partial charge in [-0.15, -0.1) is 0 Å². The second-order valence-electron chi connectivity index (χ2n) is 5.56. The number of nitrogens with zero attached hydrogens (tertiary/aromatic N) is 2. The summed E-state index contributed by atoms with van der Waals surface area (Å²) < 4.78 is 5.23. The molecule has 0 aliphatic carbocycles. The topological polar surface area (TPSA) is 53.3 Å². The van der Waals surface area contributed by atoms with Gasteiger partial charge in [-0.2, -0.15) is 5.26 Å². The Balaban J connectivity index is 2.10. The molecule has 1 aliphatic heterocycles. The van der Waals surface area contributed by atoms with Crippen LogP contribution in [0.25, 0.3) is 0 Å². The molecule has 0 radical (unpaired) electrons. The first-order valence-electron chi connectivity index (χ1n) is 7.52. The highest BCUT2D eigenvalue weighted by molar-refractivity contribution is 5.76. The summed E-state index contributed by atoms with van der Waals surface area (Å²) in [5, 5.41) is 9.00. The van der Waals surface area contributed by atoms with Crippen molar-refractivity contribution in [3.8, 4) is 11.8 Å². The molecular weight excluding hydrogens is 264 g/mol. The van der Waals surface area contributed by atoms with Gasteiger partial charge in [0.1, 0.15) is 11.8 Å². The first kappa shape index (κ1) is 15.4. The lowest BCUT2D eigenvalue weighted by molar-refractivity contribution is -0.131. The third kappa shape index (κ3) is 3.75. The van der Waals surface area contributed by atoms with E-state index in [0.29, 0.717) is 30.2 Å². The molecule has 1 aromatic carbocycles. The van der Waals surface area contributed by atoms with Gasteiger partial charge in [-0.25, -0.2) is 0 Å². The zero-order chi connectivity index (χ0) is 15.2. The number of carbonyl (C=O) groups is 1. The van der Waals surface area contributed by atoms with E-state index in [-0.39, 0.29) is 5.91 Å². The molecule has 0 bridgehead atoms. The van der Waals surface area contributed by atoms with Crippen molar-refractivity contribution in [1.29, 1.82) is 5.26 Å². The predicted molar refractivity (Wildman–Crippen MR) is 80.8 cm³/mol. The van der Waals surface area contributed by atoms with Crippen molar-refractivity contribution in [2.75, 3.05) is 13.7 Å². The molecule has 1 aromatic rings. The van der Waals surface area contributed by atoms with Crippen LogP contribution in [-0.4, -0.2) is 24.5 Å². The number of nitriles is 1. The standard InChI is InChI=1S/C17H22N2O2/c1-3-13-5-7-17(20)19(9-8-13)12-14-4-6-15(11-18)16(10-14)21-2/h4,6,10,13H,3,5,7-9,12H2,1-2H3. The number of likely N-dealkylation sites (tertiary alicyclic amines) is 1. The van der Waals surface area contributed by atoms with Crippen LogP contribution in [0.3, 0.4) is 0 Å². The molecule has 4 nitrogen and oxygen atoms in total. The van der Waals surface area contributed by atoms with Crippen LogP contribution in [-0.2, 0) is 11.3 Å². The molecular formula is C17H22N2O2. The van der Waals surface area contributed by atoms with Crippen LogP contribution in [0.5, 0.6) is 5.75 Å². The van der Waals surface area contributed by atoms with Crippen molar-refractivity contribution in [3.63, 3.8) is 0 Å². The third-order valence-electron chi connectivity index (χ3n) is 4.26. The first-order chi connectivity index (χ1) is 10.2. The van der Waals surface area contributed by atoms with Crippen LogP contribution in [0.1, 0.15) is 43.7 Å². The van der Waals surface area contributed by atoms with E-state index in [4.69, 9.17) is 10.00 Å². The van der Waals surface area contributed by atoms with E-state index < -0.39 is 0 Å². The molecule has 2 rings (SSSR count). The van der Waals surface area contributed by atoms with Gasteiger partial charge in [0, 0.05) is 19.5 Å². The highest BCUT2D eigenvalue weighted by Crippen LogP contribution is 2.24. The molecule has 1 fully saturated rings. The number of benzene rings is 1. The molecule has 21 heavy (non-hydrogen) atoms. The third-order valence-corrected chi connectivity index (χ3v) is 4.26. The van der Waals surface area contributed by atoms with E-state index >= 15 is 0 Å². The predicted octanol–water partition coefficient (Wildman–Crippen LogP) is 3.11. The summed E-state index contributed by atoms with van der Waals surface area (Å²) in [6.45, 7) is 3.60. The molecule has 1 heterocycles. The zero-order valence-electron chi connectivity index (χ0n) is 12.8. The summed E-state index contributed by atoms with van der Waals surface area (Å²) in [6.07, 6.45) is 3.87. The van der Waals surface area contributed by atoms with Gasteiger partial charge in [-0.1, -0.05) is 19.4 Å². The van der Waals surface area contributed by atoms with Crippen molar-refractivity contribution < 1.29 is 9.53 Å². The Labute approximate surface area is 126 Å². The number of methoxy groups -OCH3 is 1. The smallest absolute Gasteiger partial charge is 0.222 e. The number of ether oxygens (including phenoxy) is 1. The van der Waals surface area contributed by atoms with Crippen LogP contribution < -0.4 is 4.74 Å². The van der Waals surface area contributed by atoms with E-state index in [2.05, 4.69) is 13.0 Å². The fourth-order valence-electron chi connectivity index (χ4n) is 2.82. The van der Waals surface area contributed by atoms with Gasteiger partial charge in [0.2, 0.25) is 5.91 Å². The largest absolute Gasteiger partial charge is 0.495 e. The van der Waals surface area contributed by atoms with E-state index in [1.807, 2.05) is 17.0 Å². The maximum absolute atomic E-state index is 12.2. The van der Waals surface area contributed by atoms with Gasteiger partial charge >= 0.3 is 0 Å². The molecule has 0 spiro atoms. The Morgan fingerprint density at radius 2 is 2.24 bits per heavy atom. The maximum atomic E-state index is 12.2. The average Bonchev–Trinajstić information content (AvgIpc) is 2.69. The van der Waals surface area contributed by atoms with Crippen LogP contribution in [0, 0.1) is 17.2 Å². The summed E-state index contributed by atoms with van der Waals surface area (Å²) in [5.74, 6) is 1.47. The Morgan fingerprint density at radius 3 is 2.90 bits per heavy atom. The normalized spacial score (nSPS) is 19.0. The first-order valence-corrected chi connectivity index (χ1v) is 7.52. The molecule has 112 valence electrons. The average molecular weight is 286 g/mol. The summed E-state index contributed by atoms with van der Waals surface area (Å²) in [4.78, 5) is 14.1. The summed E-state index contributed by atoms with van der Waals surface area (Å²) in [6, 6.07) is 7.61. The fourth-order valence-corrected chi connectivity index (χ4v) is 2.82. The van der Waals surface area contributed by atoms with Gasteiger partial charge < -0.3 is 9.64 Å². The van der Waals surface area contributed by atoms with Crippen molar-refractivity contribution >= 4 is 5.91 Å². The lowest BCUT2D eigenvalue weighted by atomic mass is 9.98. The molecule has 0 aromatic heterocycles. The second-order valence-corrected chi connectivity index (χ2v) is 5.56. The molecule has 4 heteroatoms. The Morgan fingerprint density at radius 1 is 1.43 bits per heavy atom. The van der Waals surface area contributed by atoms with Gasteiger partial charge in [-0.3, -0.25) is 4.79 Å². The van der Waals surface area contributed by atoms with Gasteiger partial charge in [0.15, 0.2) is 0 Å². The Kier molecular flexibility index (Phi) is 5.21. The minimum atomic E-state index is 0.231. The fraction of sp³-hybridized carbons (Fsp3) is 0.529. The summed E-state index contributed by atoms with van der Waals surface area (Å²) in [7, 11) is 1.56. The van der Waals surface area contributed by atoms with Gasteiger partial charge in [0.25, 0.3) is 0 Å². The molecule has 0 N–H and O–H groups in total. The number of amides is 1. The van der Waals surface area contributed by atoms with Gasteiger partial charge in [0.05, 0.1) is 12.7 Å². The van der Waals surface area contributed by atoms with Gasteiger partial charge in [-0.05, 0) is 36.5 Å². The van der Waals surface area contributed by atoms with E-state index in [9.17, 15) is 4.79 Å². The monoisotopic (exact) mass is 286 g/mol. The zero-order valence-corrected chi connectivity index (χ0v) is 12.8. The Hall–Kier alpha value is -2.02. The molecule has 1 unspecified atom stereocenters. The van der Waals surface area contributed by atoms with Crippen molar-refractivity contribution in [2.24, 2.45) is 5.92 Å². The minimum absolute atomic E-state index is 0.231. The van der Waals surface area contributed by atoms with Crippen molar-refractivity contribution in [1.82, 2.24) is 4.90 Å². The summed E-state index contributed by atoms with van der Waals surface area (Å²) in [5.41, 5.74) is 1.53. The molecule has 1 saturated heterocycles. The van der Waals surface area contributed by atoms with Crippen molar-refractivity contribution in [2.45, 2.75) is 39.2 Å². The Bertz CT molecular complexity index is 548. The SMILES string of the molecule is CCC1CCC(=O)N(Cc2ccc(C#N)c(OC)c2)CC1. The minimum Gasteiger partial charge on any atom is -0.495 e. The number of hydrogen-bond donors (Lipinski definition) is 0. The molecule has 1 amide bonds. The molecule has 0 saturated carbocycles. The molecule has 1 atom stereocenters. The maximum Gasteiger partial charge on any atom is 0.222 e. The van der Waals surface area contributed by atoms with E-state index in [1.54, 1.807) is 13.2 Å². The summed E-state index contributed by atoms with van der Waals surface area (Å²) >= 11 is 0. The lowest BCUT2D eigenvalue weighted by Crippen LogP contribution is -2.29.